The van der Waals surface area contributed by atoms with Crippen LogP contribution in [0.1, 0.15) is 11.1 Å². The van der Waals surface area contributed by atoms with Gasteiger partial charge in [-0.15, -0.1) is 0 Å². The van der Waals surface area contributed by atoms with E-state index in [9.17, 15) is 28.8 Å². The van der Waals surface area contributed by atoms with Crippen LogP contribution in [0.15, 0.2) is 24.3 Å². The standard InChI is InChI=1S/C21H22N4O6/c1-22-15(26)14(16(27)23(2)19(22)30)13-9-11-7-5-6-8-12(11)10-21(13)17(28)24(3)20(31)25(4)18(21)29/h5-8,13-14H,9-10H2,1-4H3/t13-/m0/s1. The van der Waals surface area contributed by atoms with E-state index in [1.807, 2.05) is 6.07 Å². The highest BCUT2D eigenvalue weighted by Gasteiger charge is 2.65. The Bertz CT molecular complexity index is 1020. The second-order valence-electron chi connectivity index (χ2n) is 8.29. The van der Waals surface area contributed by atoms with Crippen LogP contribution in [-0.2, 0) is 32.0 Å². The van der Waals surface area contributed by atoms with E-state index >= 15 is 0 Å². The zero-order valence-electron chi connectivity index (χ0n) is 17.6. The van der Waals surface area contributed by atoms with Crippen LogP contribution in [0.4, 0.5) is 9.59 Å². The van der Waals surface area contributed by atoms with E-state index < -0.39 is 52.9 Å². The summed E-state index contributed by atoms with van der Waals surface area (Å²) in [6.07, 6.45) is 0.0491. The molecule has 10 heteroatoms. The lowest BCUT2D eigenvalue weighted by molar-refractivity contribution is -0.168. The number of urea groups is 2. The van der Waals surface area contributed by atoms with E-state index in [1.165, 1.54) is 28.2 Å². The quantitative estimate of drug-likeness (QED) is 0.589. The molecule has 1 aliphatic carbocycles. The molecule has 0 saturated carbocycles. The van der Waals surface area contributed by atoms with Gasteiger partial charge in [-0.2, -0.15) is 0 Å². The van der Waals surface area contributed by atoms with Crippen LogP contribution in [-0.4, -0.2) is 83.5 Å². The number of carbonyl (C=O) groups excluding carboxylic acids is 6. The predicted molar refractivity (Wildman–Crippen MR) is 105 cm³/mol. The number of rotatable bonds is 1. The second-order valence-corrected chi connectivity index (χ2v) is 8.29. The van der Waals surface area contributed by atoms with E-state index in [1.54, 1.807) is 18.2 Å². The molecule has 162 valence electrons. The van der Waals surface area contributed by atoms with Crippen LogP contribution >= 0.6 is 0 Å². The molecular weight excluding hydrogens is 404 g/mol. The average Bonchev–Trinajstić information content (AvgIpc) is 2.77. The number of fused-ring (bicyclic) bond motifs is 1. The third kappa shape index (κ3) is 2.57. The molecule has 4 rings (SSSR count). The number of hydrogen-bond donors (Lipinski definition) is 0. The second kappa shape index (κ2) is 6.73. The average molecular weight is 426 g/mol. The zero-order chi connectivity index (χ0) is 22.8. The van der Waals surface area contributed by atoms with Gasteiger partial charge in [0.1, 0.15) is 11.3 Å². The smallest absolute Gasteiger partial charge is 0.273 e. The largest absolute Gasteiger partial charge is 0.332 e. The van der Waals surface area contributed by atoms with Crippen LogP contribution in [0.2, 0.25) is 0 Å². The van der Waals surface area contributed by atoms with Crippen molar-refractivity contribution in [3.05, 3.63) is 35.4 Å². The number of amides is 8. The van der Waals surface area contributed by atoms with Crippen molar-refractivity contribution in [1.82, 2.24) is 19.6 Å². The van der Waals surface area contributed by atoms with E-state index in [0.717, 1.165) is 30.7 Å². The molecular formula is C21H22N4O6. The Morgan fingerprint density at radius 1 is 0.710 bits per heavy atom. The molecule has 2 fully saturated rings. The third-order valence-electron chi connectivity index (χ3n) is 6.78. The first-order chi connectivity index (χ1) is 14.5. The molecule has 1 aromatic carbocycles. The van der Waals surface area contributed by atoms with E-state index in [-0.39, 0.29) is 12.8 Å². The Balaban J connectivity index is 1.94. The van der Waals surface area contributed by atoms with Gasteiger partial charge >= 0.3 is 12.1 Å². The monoisotopic (exact) mass is 426 g/mol. The van der Waals surface area contributed by atoms with Crippen molar-refractivity contribution in [1.29, 1.82) is 0 Å². The SMILES string of the molecule is CN1C(=O)C([C@@H]2Cc3ccccc3CC23C(=O)N(C)C(=O)N(C)C3=O)C(=O)N(C)C1=O. The highest BCUT2D eigenvalue weighted by molar-refractivity contribution is 6.21. The number of carbonyl (C=O) groups is 6. The van der Waals surface area contributed by atoms with Crippen LogP contribution in [0, 0.1) is 17.3 Å². The fourth-order valence-electron chi connectivity index (χ4n) is 5.01. The van der Waals surface area contributed by atoms with Crippen LogP contribution < -0.4 is 0 Å². The van der Waals surface area contributed by atoms with E-state index in [2.05, 4.69) is 0 Å². The van der Waals surface area contributed by atoms with Gasteiger partial charge in [0.25, 0.3) is 0 Å². The topological polar surface area (TPSA) is 115 Å². The normalized spacial score (nSPS) is 24.5. The summed E-state index contributed by atoms with van der Waals surface area (Å²) < 4.78 is 0. The summed E-state index contributed by atoms with van der Waals surface area (Å²) in [4.78, 5) is 81.2. The summed E-state index contributed by atoms with van der Waals surface area (Å²) in [5.74, 6) is -5.49. The molecule has 31 heavy (non-hydrogen) atoms. The molecule has 0 aromatic heterocycles. The Hall–Kier alpha value is -3.56. The maximum atomic E-state index is 13.5. The summed E-state index contributed by atoms with van der Waals surface area (Å²) >= 11 is 0. The number of benzene rings is 1. The first-order valence-electron chi connectivity index (χ1n) is 9.80. The van der Waals surface area contributed by atoms with Gasteiger partial charge in [0.05, 0.1) is 0 Å². The third-order valence-corrected chi connectivity index (χ3v) is 6.78. The van der Waals surface area contributed by atoms with Gasteiger partial charge in [0.15, 0.2) is 0 Å². The molecule has 0 unspecified atom stereocenters. The fraction of sp³-hybridized carbons (Fsp3) is 0.429. The molecule has 10 nitrogen and oxygen atoms in total. The fourth-order valence-corrected chi connectivity index (χ4v) is 5.01. The van der Waals surface area contributed by atoms with E-state index in [4.69, 9.17) is 0 Å². The number of nitrogens with zero attached hydrogens (tertiary/aromatic N) is 4. The van der Waals surface area contributed by atoms with Crippen molar-refractivity contribution in [3.8, 4) is 0 Å². The van der Waals surface area contributed by atoms with Gasteiger partial charge in [-0.25, -0.2) is 9.59 Å². The molecule has 0 bridgehead atoms. The van der Waals surface area contributed by atoms with Gasteiger partial charge in [-0.05, 0) is 24.0 Å². The summed E-state index contributed by atoms with van der Waals surface area (Å²) in [6, 6.07) is 5.64. The molecule has 1 aromatic rings. The minimum atomic E-state index is -1.82. The maximum absolute atomic E-state index is 13.5. The zero-order valence-corrected chi connectivity index (χ0v) is 17.6. The minimum Gasteiger partial charge on any atom is -0.273 e. The predicted octanol–water partition coefficient (Wildman–Crippen LogP) is 0.105. The number of hydrogen-bond acceptors (Lipinski definition) is 6. The van der Waals surface area contributed by atoms with Crippen molar-refractivity contribution < 1.29 is 28.8 Å². The summed E-state index contributed by atoms with van der Waals surface area (Å²) in [7, 11) is 5.07. The summed E-state index contributed by atoms with van der Waals surface area (Å²) in [6.45, 7) is 0. The Morgan fingerprint density at radius 2 is 1.16 bits per heavy atom. The lowest BCUT2D eigenvalue weighted by Crippen LogP contribution is -2.70. The first kappa shape index (κ1) is 20.7. The minimum absolute atomic E-state index is 0.0497. The molecule has 0 N–H and O–H groups in total. The number of imide groups is 4. The van der Waals surface area contributed by atoms with Gasteiger partial charge in [0, 0.05) is 34.1 Å². The highest BCUT2D eigenvalue weighted by atomic mass is 16.2. The first-order valence-corrected chi connectivity index (χ1v) is 9.80. The van der Waals surface area contributed by atoms with Crippen LogP contribution in [0.5, 0.6) is 0 Å². The molecule has 2 heterocycles. The van der Waals surface area contributed by atoms with E-state index in [0.29, 0.717) is 0 Å². The lowest BCUT2D eigenvalue weighted by atomic mass is 9.57. The van der Waals surface area contributed by atoms with Crippen molar-refractivity contribution in [2.45, 2.75) is 12.8 Å². The molecule has 2 aliphatic heterocycles. The molecule has 1 atom stereocenters. The summed E-state index contributed by atoms with van der Waals surface area (Å²) in [5.41, 5.74) is -0.266. The van der Waals surface area contributed by atoms with Gasteiger partial charge < -0.3 is 0 Å². The molecule has 8 amide bonds. The molecule has 1 spiro atoms. The van der Waals surface area contributed by atoms with Crippen molar-refractivity contribution >= 4 is 35.7 Å². The molecule has 2 saturated heterocycles. The van der Waals surface area contributed by atoms with Gasteiger partial charge in [0.2, 0.25) is 23.6 Å². The molecule has 0 radical (unpaired) electrons. The van der Waals surface area contributed by atoms with Gasteiger partial charge in [-0.3, -0.25) is 38.8 Å². The van der Waals surface area contributed by atoms with Crippen LogP contribution in [0.25, 0.3) is 0 Å². The Kier molecular flexibility index (Phi) is 4.49. The summed E-state index contributed by atoms with van der Waals surface area (Å²) in [5, 5.41) is 0. The van der Waals surface area contributed by atoms with Crippen LogP contribution in [0.3, 0.4) is 0 Å². The van der Waals surface area contributed by atoms with Crippen molar-refractivity contribution in [2.24, 2.45) is 17.3 Å². The maximum Gasteiger partial charge on any atom is 0.332 e. The Morgan fingerprint density at radius 3 is 1.68 bits per heavy atom. The Labute approximate surface area is 178 Å². The lowest BCUT2D eigenvalue weighted by Gasteiger charge is -2.51. The molecule has 3 aliphatic rings. The van der Waals surface area contributed by atoms with Crippen molar-refractivity contribution in [2.75, 3.05) is 28.2 Å². The van der Waals surface area contributed by atoms with Gasteiger partial charge in [-0.1, -0.05) is 24.3 Å². The highest BCUT2D eigenvalue weighted by Crippen LogP contribution is 2.49. The number of barbiturate groups is 2. The van der Waals surface area contributed by atoms with Crippen molar-refractivity contribution in [3.63, 3.8) is 0 Å².